The number of carbonyl (C=O) groups excluding carboxylic acids is 6. The molecule has 0 radical (unpaired) electrons. The number of hydrogen-bond donors (Lipinski definition) is 0. The van der Waals surface area contributed by atoms with E-state index < -0.39 is 0 Å². The van der Waals surface area contributed by atoms with Gasteiger partial charge in [0.15, 0.2) is 0 Å². The molecule has 12 bridgehead atoms. The summed E-state index contributed by atoms with van der Waals surface area (Å²) >= 11 is 0. The van der Waals surface area contributed by atoms with Gasteiger partial charge in [0, 0.05) is 107 Å². The van der Waals surface area contributed by atoms with Crippen LogP contribution in [0.5, 0.6) is 0 Å². The molecule has 12 heteroatoms. The fourth-order valence-corrected chi connectivity index (χ4v) is 14.0. The molecule has 12 nitrogen and oxygen atoms in total. The van der Waals surface area contributed by atoms with Gasteiger partial charge in [-0.3, -0.25) is 28.8 Å². The highest BCUT2D eigenvalue weighted by atomic mass is 16.2. The van der Waals surface area contributed by atoms with Gasteiger partial charge < -0.3 is 29.4 Å². The lowest BCUT2D eigenvalue weighted by molar-refractivity contribution is 0.0977. The van der Waals surface area contributed by atoms with Crippen molar-refractivity contribution in [1.82, 2.24) is 0 Å². The molecule has 0 aliphatic carbocycles. The highest BCUT2D eigenvalue weighted by Crippen LogP contribution is 2.31. The first kappa shape index (κ1) is 81.4. The fraction of sp³-hybridized carbons (Fsp3) is 0.533. The molecule has 0 spiro atoms. The van der Waals surface area contributed by atoms with Crippen LogP contribution in [0.2, 0.25) is 0 Å². The molecule has 0 fully saturated rings. The third kappa shape index (κ3) is 25.8. The van der Waals surface area contributed by atoms with E-state index in [0.717, 1.165) is 193 Å². The quantitative estimate of drug-likeness (QED) is 0.0352. The normalized spacial score (nSPS) is 13.5. The molecule has 10 heterocycles. The van der Waals surface area contributed by atoms with E-state index in [0.29, 0.717) is 107 Å². The smallest absolute Gasteiger partial charge is 0.258 e. The summed E-state index contributed by atoms with van der Waals surface area (Å²) in [6.45, 7) is 16.3. The number of hydrogen-bond acceptors (Lipinski definition) is 6. The van der Waals surface area contributed by atoms with Gasteiger partial charge in [-0.1, -0.05) is 234 Å². The molecule has 16 rings (SSSR count). The van der Waals surface area contributed by atoms with Crippen molar-refractivity contribution in [3.63, 3.8) is 0 Å². The van der Waals surface area contributed by atoms with Crippen LogP contribution in [0.25, 0.3) is 0 Å². The zero-order valence-electron chi connectivity index (χ0n) is 63.7. The summed E-state index contributed by atoms with van der Waals surface area (Å²) in [6, 6.07) is 44.9. The van der Waals surface area contributed by atoms with E-state index in [1.54, 1.807) is 0 Å². The second-order valence-electron chi connectivity index (χ2n) is 28.6. The van der Waals surface area contributed by atoms with Crippen molar-refractivity contribution in [1.29, 1.82) is 0 Å². The number of rotatable bonds is 42. The maximum Gasteiger partial charge on any atom is 0.258 e. The molecule has 0 atom stereocenters. The minimum absolute atomic E-state index is 0.153. The van der Waals surface area contributed by atoms with Crippen LogP contribution >= 0.6 is 0 Å². The summed E-state index contributed by atoms with van der Waals surface area (Å²) < 4.78 is 0. The average molecular weight is 1390 g/mol. The second kappa shape index (κ2) is 46.7. The maximum absolute atomic E-state index is 15.0. The Hall–Kier alpha value is -7.86. The lowest BCUT2D eigenvalue weighted by atomic mass is 10.1. The van der Waals surface area contributed by atoms with E-state index in [9.17, 15) is 0 Å². The number of unbranched alkanes of at least 4 members (excludes halogenated alkanes) is 30. The van der Waals surface area contributed by atoms with Gasteiger partial charge in [-0.25, -0.2) is 0 Å². The van der Waals surface area contributed by atoms with Crippen molar-refractivity contribution in [2.45, 2.75) is 273 Å². The Bertz CT molecular complexity index is 2800. The monoisotopic (exact) mass is 1390 g/mol. The summed E-state index contributed by atoms with van der Waals surface area (Å²) in [7, 11) is 0. The summed E-state index contributed by atoms with van der Waals surface area (Å²) in [5.74, 6) is -0.915. The minimum atomic E-state index is -0.153. The first-order valence-electron chi connectivity index (χ1n) is 40.5. The van der Waals surface area contributed by atoms with Gasteiger partial charge in [0.1, 0.15) is 0 Å². The number of nitrogens with zero attached hydrogens (tertiary/aromatic N) is 6. The van der Waals surface area contributed by atoms with Gasteiger partial charge in [0.25, 0.3) is 35.4 Å². The first-order chi connectivity index (χ1) is 50.0. The molecular weight excluding hydrogens is 1260 g/mol. The maximum atomic E-state index is 15.0. The Balaban J connectivity index is 1.31. The van der Waals surface area contributed by atoms with Crippen LogP contribution in [0.15, 0.2) is 146 Å². The number of carbonyl (C=O) groups is 6. The average Bonchev–Trinajstić information content (AvgIpc) is 0.815. The molecule has 10 aliphatic rings. The Labute approximate surface area is 615 Å². The molecule has 0 aromatic heterocycles. The summed E-state index contributed by atoms with van der Waals surface area (Å²) in [5.41, 5.74) is 7.23. The predicted molar refractivity (Wildman–Crippen MR) is 429 cm³/mol. The zero-order valence-corrected chi connectivity index (χ0v) is 63.7. The molecule has 6 amide bonds. The van der Waals surface area contributed by atoms with Gasteiger partial charge in [0.2, 0.25) is 0 Å². The van der Waals surface area contributed by atoms with E-state index >= 15 is 28.8 Å². The lowest BCUT2D eigenvalue weighted by Gasteiger charge is -2.27. The highest BCUT2D eigenvalue weighted by molar-refractivity contribution is 6.12. The van der Waals surface area contributed by atoms with E-state index in [1.165, 1.54) is 38.5 Å². The third-order valence-corrected chi connectivity index (χ3v) is 20.4. The fourth-order valence-electron chi connectivity index (χ4n) is 14.0. The van der Waals surface area contributed by atoms with E-state index in [4.69, 9.17) is 0 Å². The number of amides is 6. The second-order valence-corrected chi connectivity index (χ2v) is 28.6. The van der Waals surface area contributed by atoms with Crippen LogP contribution in [-0.4, -0.2) is 74.7 Å². The van der Waals surface area contributed by atoms with Crippen LogP contribution in [0.1, 0.15) is 335 Å². The molecule has 6 aromatic rings. The topological polar surface area (TPSA) is 122 Å². The van der Waals surface area contributed by atoms with Crippen molar-refractivity contribution in [3.8, 4) is 0 Å². The van der Waals surface area contributed by atoms with Crippen molar-refractivity contribution in [3.05, 3.63) is 179 Å². The molecular formula is C90H126N6O6. The van der Waals surface area contributed by atoms with Crippen molar-refractivity contribution < 1.29 is 28.8 Å². The standard InChI is InChI=1S/C90H126N6O6/c1-7-13-19-25-31-37-67-91-79-55-43-74(44-56-79)86(98)93(69-39-33-27-21-15-9-3)81-59-47-76(48-60-81)88(100)95(71-41-35-29-23-17-11-5)83-63-51-78(52-64-83)90(102)96(72-42-36-30-24-18-12-6)84-65-53-77(54-66-84)89(101)94(70-40-34-28-22-16-10-4)82-61-49-75(50-62-82)87(99)92(68-38-32-26-20-14-8-2)80-57-45-73(46-58-80)85(91)97/h43-66H,7-42,67-72H2,1-6H3. The summed E-state index contributed by atoms with van der Waals surface area (Å²) in [5, 5.41) is 0. The van der Waals surface area contributed by atoms with Crippen LogP contribution in [-0.2, 0) is 0 Å². The Kier molecular flexibility index (Phi) is 37.3. The molecule has 0 saturated heterocycles. The van der Waals surface area contributed by atoms with E-state index in [-0.39, 0.29) is 35.4 Å². The molecule has 10 aliphatic heterocycles. The van der Waals surface area contributed by atoms with Gasteiger partial charge in [-0.2, -0.15) is 0 Å². The molecule has 0 saturated carbocycles. The van der Waals surface area contributed by atoms with Crippen LogP contribution in [0, 0.1) is 0 Å². The van der Waals surface area contributed by atoms with Crippen molar-refractivity contribution in [2.24, 2.45) is 0 Å². The molecule has 0 unspecified atom stereocenters. The number of benzene rings is 6. The van der Waals surface area contributed by atoms with Crippen LogP contribution in [0.3, 0.4) is 0 Å². The van der Waals surface area contributed by atoms with E-state index in [1.807, 2.05) is 175 Å². The van der Waals surface area contributed by atoms with Gasteiger partial charge in [0.05, 0.1) is 0 Å². The van der Waals surface area contributed by atoms with Crippen LogP contribution < -0.4 is 29.4 Å². The minimum Gasteiger partial charge on any atom is -0.308 e. The zero-order chi connectivity index (χ0) is 72.5. The van der Waals surface area contributed by atoms with Crippen molar-refractivity contribution >= 4 is 69.6 Å². The molecule has 102 heavy (non-hydrogen) atoms. The molecule has 6 aromatic carbocycles. The Morgan fingerprint density at radius 1 is 0.157 bits per heavy atom. The number of anilines is 6. The largest absolute Gasteiger partial charge is 0.308 e. The summed E-state index contributed by atoms with van der Waals surface area (Å²) in [4.78, 5) is 101. The van der Waals surface area contributed by atoms with Crippen LogP contribution in [0.4, 0.5) is 34.1 Å². The van der Waals surface area contributed by atoms with Crippen molar-refractivity contribution in [2.75, 3.05) is 68.7 Å². The predicted octanol–water partition coefficient (Wildman–Crippen LogP) is 24.0. The highest BCUT2D eigenvalue weighted by Gasteiger charge is 2.27. The molecule has 0 N–H and O–H groups in total. The molecule has 552 valence electrons. The SMILES string of the molecule is CCCCCCCCN1C(=O)c2ccc(cc2)N(CCCCCCCC)C(=O)c2ccc(cc2)N(CCCCCCCC)C(=O)c2ccc(cc2)N(CCCCCCCC)C(=O)c2ccc(cc2)N(CCCCCCCC)C(=O)c2ccc(cc2)N(CCCCCCCC)C(=O)c2ccc1cc2. The lowest BCUT2D eigenvalue weighted by Crippen LogP contribution is -2.34. The Morgan fingerprint density at radius 3 is 0.382 bits per heavy atom. The first-order valence-corrected chi connectivity index (χ1v) is 40.5. The Morgan fingerprint density at radius 2 is 0.265 bits per heavy atom. The van der Waals surface area contributed by atoms with Gasteiger partial charge in [-0.05, 0) is 184 Å². The van der Waals surface area contributed by atoms with Gasteiger partial charge >= 0.3 is 0 Å². The van der Waals surface area contributed by atoms with E-state index in [2.05, 4.69) is 41.5 Å². The summed E-state index contributed by atoms with van der Waals surface area (Å²) in [6.07, 6.45) is 38.2. The van der Waals surface area contributed by atoms with Gasteiger partial charge in [-0.15, -0.1) is 0 Å². The third-order valence-electron chi connectivity index (χ3n) is 20.4.